The summed E-state index contributed by atoms with van der Waals surface area (Å²) in [5.41, 5.74) is 3.91. The number of aryl methyl sites for hydroxylation is 3. The Hall–Kier alpha value is -2.21. The number of nitrogens with zero attached hydrogens (tertiary/aromatic N) is 3. The van der Waals surface area contributed by atoms with Gasteiger partial charge < -0.3 is 10.2 Å². The highest BCUT2D eigenvalue weighted by Gasteiger charge is 2.13. The number of likely N-dealkylation sites (tertiary alicyclic amines) is 1. The van der Waals surface area contributed by atoms with Gasteiger partial charge in [0.15, 0.2) is 0 Å². The van der Waals surface area contributed by atoms with E-state index >= 15 is 0 Å². The highest BCUT2D eigenvalue weighted by molar-refractivity contribution is 5.81. The summed E-state index contributed by atoms with van der Waals surface area (Å²) in [6.45, 7) is 9.47. The summed E-state index contributed by atoms with van der Waals surface area (Å²) < 4.78 is 1.55. The molecule has 6 nitrogen and oxygen atoms in total. The number of hydrogen-bond donors (Lipinski definition) is 1. The van der Waals surface area contributed by atoms with E-state index in [4.69, 9.17) is 0 Å². The molecular weight excluding hydrogens is 340 g/mol. The van der Waals surface area contributed by atoms with E-state index in [2.05, 4.69) is 15.2 Å². The molecule has 0 radical (unpaired) electrons. The van der Waals surface area contributed by atoms with Crippen LogP contribution in [0.3, 0.4) is 0 Å². The van der Waals surface area contributed by atoms with Crippen molar-refractivity contribution in [2.45, 2.75) is 53.0 Å². The van der Waals surface area contributed by atoms with Crippen molar-refractivity contribution in [2.24, 2.45) is 0 Å². The first kappa shape index (κ1) is 19.5. The van der Waals surface area contributed by atoms with Crippen LogP contribution in [0.4, 0.5) is 0 Å². The lowest BCUT2D eigenvalue weighted by Crippen LogP contribution is -2.38. The van der Waals surface area contributed by atoms with Gasteiger partial charge in [-0.05, 0) is 70.0 Å². The van der Waals surface area contributed by atoms with Gasteiger partial charge in [0.2, 0.25) is 5.91 Å². The molecule has 1 aromatic heterocycles. The number of benzene rings is 1. The molecule has 0 atom stereocenters. The van der Waals surface area contributed by atoms with Crippen LogP contribution in [0.2, 0.25) is 0 Å². The van der Waals surface area contributed by atoms with Crippen molar-refractivity contribution in [1.82, 2.24) is 19.8 Å². The number of fused-ring (bicyclic) bond motifs is 1. The molecule has 1 fully saturated rings. The molecule has 1 N–H and O–H groups in total. The van der Waals surface area contributed by atoms with Crippen molar-refractivity contribution in [1.29, 1.82) is 0 Å². The molecule has 3 rings (SSSR count). The minimum Gasteiger partial charge on any atom is -0.353 e. The molecule has 0 aliphatic carbocycles. The SMILES string of the molecule is Cc1cc2nc(C)c(=O)n(CC(=O)NCCN3CCCCCC3)c2cc1C. The largest absolute Gasteiger partial charge is 0.353 e. The zero-order valence-electron chi connectivity index (χ0n) is 16.7. The number of nitrogens with one attached hydrogen (secondary N) is 1. The summed E-state index contributed by atoms with van der Waals surface area (Å²) in [5, 5.41) is 2.98. The lowest BCUT2D eigenvalue weighted by molar-refractivity contribution is -0.121. The van der Waals surface area contributed by atoms with E-state index in [0.717, 1.165) is 41.8 Å². The second-order valence-electron chi connectivity index (χ2n) is 7.62. The number of carbonyl (C=O) groups is 1. The van der Waals surface area contributed by atoms with E-state index in [1.807, 2.05) is 26.0 Å². The van der Waals surface area contributed by atoms with Crippen molar-refractivity contribution >= 4 is 16.9 Å². The number of hydrogen-bond acceptors (Lipinski definition) is 4. The Labute approximate surface area is 160 Å². The minimum absolute atomic E-state index is 0.0290. The van der Waals surface area contributed by atoms with Gasteiger partial charge in [-0.1, -0.05) is 12.8 Å². The fourth-order valence-corrected chi connectivity index (χ4v) is 3.69. The second-order valence-corrected chi connectivity index (χ2v) is 7.62. The van der Waals surface area contributed by atoms with Crippen molar-refractivity contribution < 1.29 is 4.79 Å². The zero-order chi connectivity index (χ0) is 19.4. The van der Waals surface area contributed by atoms with Crippen LogP contribution in [0.15, 0.2) is 16.9 Å². The summed E-state index contributed by atoms with van der Waals surface area (Å²) in [6, 6.07) is 3.92. The first-order valence-corrected chi connectivity index (χ1v) is 9.93. The number of aromatic nitrogens is 2. The molecule has 1 aliphatic heterocycles. The standard InChI is InChI=1S/C21H30N4O2/c1-15-12-18-19(13-16(15)2)25(21(27)17(3)23-18)14-20(26)22-8-11-24-9-6-4-5-7-10-24/h12-13H,4-11,14H2,1-3H3,(H,22,26). The Morgan fingerprint density at radius 3 is 2.44 bits per heavy atom. The third-order valence-electron chi connectivity index (χ3n) is 5.48. The first-order chi connectivity index (χ1) is 13.0. The fraction of sp³-hybridized carbons (Fsp3) is 0.571. The van der Waals surface area contributed by atoms with Gasteiger partial charge in [0.1, 0.15) is 12.2 Å². The Bertz CT molecular complexity index is 880. The lowest BCUT2D eigenvalue weighted by Gasteiger charge is -2.20. The third-order valence-corrected chi connectivity index (χ3v) is 5.48. The predicted molar refractivity (Wildman–Crippen MR) is 108 cm³/mol. The molecule has 6 heteroatoms. The fourth-order valence-electron chi connectivity index (χ4n) is 3.69. The minimum atomic E-state index is -0.201. The molecule has 1 amide bonds. The molecule has 0 bridgehead atoms. The smallest absolute Gasteiger partial charge is 0.272 e. The molecule has 0 unspecified atom stereocenters. The maximum atomic E-state index is 12.6. The molecule has 0 spiro atoms. The van der Waals surface area contributed by atoms with Crippen LogP contribution in [0, 0.1) is 20.8 Å². The Morgan fingerprint density at radius 2 is 1.74 bits per heavy atom. The van der Waals surface area contributed by atoms with Crippen LogP contribution >= 0.6 is 0 Å². The lowest BCUT2D eigenvalue weighted by atomic mass is 10.1. The molecule has 2 aromatic rings. The van der Waals surface area contributed by atoms with E-state index in [1.54, 1.807) is 11.5 Å². The van der Waals surface area contributed by atoms with E-state index < -0.39 is 0 Å². The normalized spacial score (nSPS) is 15.7. The molecule has 1 aromatic carbocycles. The summed E-state index contributed by atoms with van der Waals surface area (Å²) in [7, 11) is 0. The van der Waals surface area contributed by atoms with Crippen LogP contribution in [0.5, 0.6) is 0 Å². The van der Waals surface area contributed by atoms with Crippen LogP contribution in [-0.4, -0.2) is 46.5 Å². The van der Waals surface area contributed by atoms with Gasteiger partial charge >= 0.3 is 0 Å². The highest BCUT2D eigenvalue weighted by atomic mass is 16.2. The summed E-state index contributed by atoms with van der Waals surface area (Å²) >= 11 is 0. The monoisotopic (exact) mass is 370 g/mol. The van der Waals surface area contributed by atoms with Crippen LogP contribution in [0.1, 0.15) is 42.5 Å². The van der Waals surface area contributed by atoms with E-state index in [0.29, 0.717) is 12.2 Å². The number of rotatable bonds is 5. The van der Waals surface area contributed by atoms with Gasteiger partial charge in [-0.25, -0.2) is 4.98 Å². The van der Waals surface area contributed by atoms with E-state index in [1.165, 1.54) is 25.7 Å². The van der Waals surface area contributed by atoms with Crippen LogP contribution < -0.4 is 10.9 Å². The number of amides is 1. The maximum Gasteiger partial charge on any atom is 0.272 e. The van der Waals surface area contributed by atoms with Gasteiger partial charge in [-0.15, -0.1) is 0 Å². The Morgan fingerprint density at radius 1 is 1.07 bits per heavy atom. The van der Waals surface area contributed by atoms with Gasteiger partial charge in [-0.2, -0.15) is 0 Å². The van der Waals surface area contributed by atoms with Crippen molar-refractivity contribution in [2.75, 3.05) is 26.2 Å². The second kappa shape index (κ2) is 8.65. The van der Waals surface area contributed by atoms with Gasteiger partial charge in [0.05, 0.1) is 11.0 Å². The average Bonchev–Trinajstić information content (AvgIpc) is 2.90. The molecule has 146 valence electrons. The van der Waals surface area contributed by atoms with E-state index in [-0.39, 0.29) is 18.0 Å². The average molecular weight is 370 g/mol. The quantitative estimate of drug-likeness (QED) is 0.877. The van der Waals surface area contributed by atoms with Crippen molar-refractivity contribution in [3.63, 3.8) is 0 Å². The molecule has 1 saturated heterocycles. The summed E-state index contributed by atoms with van der Waals surface area (Å²) in [4.78, 5) is 31.9. The van der Waals surface area contributed by atoms with Gasteiger partial charge in [-0.3, -0.25) is 14.2 Å². The molecule has 1 aliphatic rings. The van der Waals surface area contributed by atoms with Gasteiger partial charge in [0.25, 0.3) is 5.56 Å². The Balaban J connectivity index is 1.69. The van der Waals surface area contributed by atoms with Crippen LogP contribution in [0.25, 0.3) is 11.0 Å². The topological polar surface area (TPSA) is 67.2 Å². The van der Waals surface area contributed by atoms with Crippen molar-refractivity contribution in [3.8, 4) is 0 Å². The predicted octanol–water partition coefficient (Wildman–Crippen LogP) is 2.31. The first-order valence-electron chi connectivity index (χ1n) is 9.93. The number of carbonyl (C=O) groups excluding carboxylic acids is 1. The Kier molecular flexibility index (Phi) is 6.26. The summed E-state index contributed by atoms with van der Waals surface area (Å²) in [5.74, 6) is -0.128. The third kappa shape index (κ3) is 4.75. The highest BCUT2D eigenvalue weighted by Crippen LogP contribution is 2.17. The van der Waals surface area contributed by atoms with E-state index in [9.17, 15) is 9.59 Å². The zero-order valence-corrected chi connectivity index (χ0v) is 16.7. The molecular formula is C21H30N4O2. The molecule has 27 heavy (non-hydrogen) atoms. The summed E-state index contributed by atoms with van der Waals surface area (Å²) in [6.07, 6.45) is 5.09. The van der Waals surface area contributed by atoms with Crippen molar-refractivity contribution in [3.05, 3.63) is 39.3 Å². The molecule has 2 heterocycles. The molecule has 0 saturated carbocycles. The van der Waals surface area contributed by atoms with Gasteiger partial charge in [0, 0.05) is 13.1 Å². The maximum absolute atomic E-state index is 12.6. The van der Waals surface area contributed by atoms with Crippen LogP contribution in [-0.2, 0) is 11.3 Å².